The Morgan fingerprint density at radius 1 is 0.426 bits per heavy atom. The molecule has 0 bridgehead atoms. The number of fused-ring (bicyclic) bond motifs is 4. The Labute approximate surface area is 399 Å². The Balaban J connectivity index is 0.911. The highest BCUT2D eigenvalue weighted by Crippen LogP contribution is 2.46. The molecule has 0 N–H and O–H groups in total. The molecule has 0 saturated carbocycles. The highest BCUT2D eigenvalue weighted by Gasteiger charge is 2.38. The number of allylic oxidation sites excluding steroid dienone is 5. The van der Waals surface area contributed by atoms with Gasteiger partial charge in [-0.15, -0.1) is 0 Å². The van der Waals surface area contributed by atoms with Gasteiger partial charge in [0.15, 0.2) is 0 Å². The van der Waals surface area contributed by atoms with Crippen LogP contribution in [0.25, 0.3) is 55.0 Å². The maximum absolute atomic E-state index is 2.48. The van der Waals surface area contributed by atoms with Crippen molar-refractivity contribution in [2.75, 3.05) is 0 Å². The quantitative estimate of drug-likeness (QED) is 0.121. The molecule has 12 rings (SSSR count). The summed E-state index contributed by atoms with van der Waals surface area (Å²) < 4.78 is 2.48. The van der Waals surface area contributed by atoms with Gasteiger partial charge in [0.1, 0.15) is 0 Å². The van der Waals surface area contributed by atoms with Crippen molar-refractivity contribution < 1.29 is 0 Å². The number of hydrogen-bond donors (Lipinski definition) is 0. The summed E-state index contributed by atoms with van der Waals surface area (Å²) in [5.74, 6) is 0.292. The number of aromatic nitrogens is 1. The summed E-state index contributed by atoms with van der Waals surface area (Å²) in [5, 5.41) is 4.99. The average Bonchev–Trinajstić information content (AvgIpc) is 3.75. The second-order valence-corrected chi connectivity index (χ2v) is 17.9. The minimum absolute atomic E-state index is 0.292. The van der Waals surface area contributed by atoms with Gasteiger partial charge in [0.05, 0.1) is 22.1 Å². The lowest BCUT2D eigenvalue weighted by atomic mass is 9.65. The summed E-state index contributed by atoms with van der Waals surface area (Å²) in [6.45, 7) is 0. The molecule has 1 unspecified atom stereocenters. The number of rotatable bonds is 10. The van der Waals surface area contributed by atoms with Crippen LogP contribution in [0.15, 0.2) is 285 Å². The molecule has 1 aliphatic rings. The lowest BCUT2D eigenvalue weighted by molar-refractivity contribution is 0.745. The van der Waals surface area contributed by atoms with Gasteiger partial charge in [-0.05, 0) is 103 Å². The van der Waals surface area contributed by atoms with E-state index in [-0.39, 0.29) is 0 Å². The summed E-state index contributed by atoms with van der Waals surface area (Å²) in [6, 6.07) is 93.2. The Hall–Kier alpha value is -8.52. The fraction of sp³-hybridized carbons (Fsp3) is 0.0448. The molecule has 1 atom stereocenters. The first-order valence-electron chi connectivity index (χ1n) is 23.8. The molecular weight excluding hydrogens is 819 g/mol. The molecule has 0 fully saturated rings. The Morgan fingerprint density at radius 2 is 0.926 bits per heavy atom. The van der Waals surface area contributed by atoms with E-state index < -0.39 is 5.41 Å². The summed E-state index contributed by atoms with van der Waals surface area (Å²) in [5.41, 5.74) is 16.7. The van der Waals surface area contributed by atoms with Gasteiger partial charge in [0.2, 0.25) is 0 Å². The number of nitrogens with zero attached hydrogens (tertiary/aromatic N) is 1. The summed E-state index contributed by atoms with van der Waals surface area (Å²) >= 11 is 0. The molecule has 0 spiro atoms. The van der Waals surface area contributed by atoms with Crippen molar-refractivity contribution in [1.29, 1.82) is 0 Å². The number of para-hydroxylation sites is 1. The van der Waals surface area contributed by atoms with E-state index in [1.165, 1.54) is 99.5 Å². The van der Waals surface area contributed by atoms with E-state index in [0.717, 1.165) is 6.42 Å². The van der Waals surface area contributed by atoms with Gasteiger partial charge < -0.3 is 4.57 Å². The molecule has 11 aromatic rings. The molecule has 1 heterocycles. The van der Waals surface area contributed by atoms with E-state index in [9.17, 15) is 0 Å². The monoisotopic (exact) mass is 867 g/mol. The van der Waals surface area contributed by atoms with Gasteiger partial charge in [-0.3, -0.25) is 0 Å². The van der Waals surface area contributed by atoms with Crippen molar-refractivity contribution in [2.45, 2.75) is 17.8 Å². The minimum atomic E-state index is -0.496. The molecule has 1 aliphatic carbocycles. The van der Waals surface area contributed by atoms with Crippen LogP contribution in [0.3, 0.4) is 0 Å². The standard InChI is InChI=1S/C67H49N/c1-6-20-50(21-7-1)62(51-22-8-2-9-23-51)46-48-34-36-49(37-35-48)53-40-44-66-63(47-53)61-32-18-19-33-64(61)68(66)65-45-43-58(59-30-16-17-31-60(59)65)52-38-41-57(42-39-52)67(54-24-10-3-11-25-54,55-26-12-4-13-27-55)56-28-14-5-15-29-56/h1-36,38-47,49H,37H2. The van der Waals surface area contributed by atoms with Gasteiger partial charge in [0, 0.05) is 22.1 Å². The van der Waals surface area contributed by atoms with Crippen LogP contribution in [-0.2, 0) is 5.41 Å². The first-order chi connectivity index (χ1) is 33.7. The maximum Gasteiger partial charge on any atom is 0.0701 e. The van der Waals surface area contributed by atoms with Crippen LogP contribution in [0.4, 0.5) is 0 Å². The highest BCUT2D eigenvalue weighted by atomic mass is 15.0. The summed E-state index contributed by atoms with van der Waals surface area (Å²) in [6.07, 6.45) is 10.4. The predicted molar refractivity (Wildman–Crippen MR) is 287 cm³/mol. The van der Waals surface area contributed by atoms with Gasteiger partial charge in [-0.1, -0.05) is 249 Å². The first kappa shape index (κ1) is 40.9. The second kappa shape index (κ2) is 17.7. The fourth-order valence-electron chi connectivity index (χ4n) is 10.9. The average molecular weight is 868 g/mol. The fourth-order valence-corrected chi connectivity index (χ4v) is 10.9. The van der Waals surface area contributed by atoms with Crippen molar-refractivity contribution in [3.05, 3.63) is 324 Å². The number of hydrogen-bond acceptors (Lipinski definition) is 0. The Morgan fingerprint density at radius 3 is 1.50 bits per heavy atom. The summed E-state index contributed by atoms with van der Waals surface area (Å²) in [7, 11) is 0. The van der Waals surface area contributed by atoms with Crippen molar-refractivity contribution in [1.82, 2.24) is 4.57 Å². The normalized spacial score (nSPS) is 13.7. The highest BCUT2D eigenvalue weighted by molar-refractivity contribution is 6.12. The third-order valence-corrected chi connectivity index (χ3v) is 14.1. The van der Waals surface area contributed by atoms with Gasteiger partial charge >= 0.3 is 0 Å². The molecule has 10 aromatic carbocycles. The summed E-state index contributed by atoms with van der Waals surface area (Å²) in [4.78, 5) is 0. The van der Waals surface area contributed by atoms with Crippen molar-refractivity contribution in [2.24, 2.45) is 0 Å². The van der Waals surface area contributed by atoms with Crippen LogP contribution in [-0.4, -0.2) is 4.57 Å². The van der Waals surface area contributed by atoms with Crippen molar-refractivity contribution in [3.8, 4) is 16.8 Å². The zero-order chi connectivity index (χ0) is 45.3. The lowest BCUT2D eigenvalue weighted by Crippen LogP contribution is -2.30. The second-order valence-electron chi connectivity index (χ2n) is 17.9. The van der Waals surface area contributed by atoms with E-state index in [2.05, 4.69) is 284 Å². The Kier molecular flexibility index (Phi) is 10.7. The molecule has 322 valence electrons. The third kappa shape index (κ3) is 7.21. The zero-order valence-electron chi connectivity index (χ0n) is 37.8. The molecule has 0 radical (unpaired) electrons. The van der Waals surface area contributed by atoms with E-state index in [1.54, 1.807) is 0 Å². The molecular formula is C67H49N. The van der Waals surface area contributed by atoms with Crippen LogP contribution >= 0.6 is 0 Å². The molecule has 0 amide bonds. The largest absolute Gasteiger partial charge is 0.309 e. The molecule has 0 saturated heterocycles. The molecule has 1 heteroatoms. The third-order valence-electron chi connectivity index (χ3n) is 14.1. The maximum atomic E-state index is 2.48. The minimum Gasteiger partial charge on any atom is -0.309 e. The van der Waals surface area contributed by atoms with E-state index in [1.807, 2.05) is 0 Å². The number of benzene rings is 10. The van der Waals surface area contributed by atoms with Crippen molar-refractivity contribution in [3.63, 3.8) is 0 Å². The van der Waals surface area contributed by atoms with E-state index in [0.29, 0.717) is 5.92 Å². The van der Waals surface area contributed by atoms with E-state index in [4.69, 9.17) is 0 Å². The molecule has 0 aliphatic heterocycles. The SMILES string of the molecule is C1=CC(c2ccc3c(c2)c2ccccc2n3-c2ccc(-c3ccc(C(c4ccccc4)(c4ccccc4)c4ccccc4)cc3)c3ccccc23)CC=C1C=C(c1ccccc1)c1ccccc1. The molecule has 1 aromatic heterocycles. The van der Waals surface area contributed by atoms with Crippen LogP contribution in [0.2, 0.25) is 0 Å². The van der Waals surface area contributed by atoms with Crippen LogP contribution in [0.1, 0.15) is 51.3 Å². The van der Waals surface area contributed by atoms with Gasteiger partial charge in [0.25, 0.3) is 0 Å². The molecule has 1 nitrogen and oxygen atoms in total. The topological polar surface area (TPSA) is 4.93 Å². The lowest BCUT2D eigenvalue weighted by Gasteiger charge is -2.37. The van der Waals surface area contributed by atoms with Gasteiger partial charge in [-0.25, -0.2) is 0 Å². The van der Waals surface area contributed by atoms with Gasteiger partial charge in [-0.2, -0.15) is 0 Å². The van der Waals surface area contributed by atoms with Crippen LogP contribution in [0.5, 0.6) is 0 Å². The predicted octanol–water partition coefficient (Wildman–Crippen LogP) is 17.1. The Bertz CT molecular complexity index is 3520. The van der Waals surface area contributed by atoms with Crippen molar-refractivity contribution >= 4 is 38.2 Å². The zero-order valence-corrected chi connectivity index (χ0v) is 37.8. The molecule has 68 heavy (non-hydrogen) atoms. The van der Waals surface area contributed by atoms with Crippen LogP contribution in [0, 0.1) is 0 Å². The first-order valence-corrected chi connectivity index (χ1v) is 23.8. The smallest absolute Gasteiger partial charge is 0.0701 e. The van der Waals surface area contributed by atoms with E-state index >= 15 is 0 Å². The van der Waals surface area contributed by atoms with Crippen LogP contribution < -0.4 is 0 Å².